The predicted molar refractivity (Wildman–Crippen MR) is 63.4 cm³/mol. The third-order valence-corrected chi connectivity index (χ3v) is 2.43. The number of allylic oxidation sites excluding steroid dienone is 4. The van der Waals surface area contributed by atoms with Gasteiger partial charge in [0.25, 0.3) is 0 Å². The van der Waals surface area contributed by atoms with E-state index >= 15 is 0 Å². The Balaban J connectivity index is 1.95. The van der Waals surface area contributed by atoms with E-state index in [1.165, 1.54) is 25.7 Å². The van der Waals surface area contributed by atoms with Gasteiger partial charge in [0.1, 0.15) is 0 Å². The first-order valence-electron chi connectivity index (χ1n) is 5.67. The minimum absolute atomic E-state index is 0.272. The maximum absolute atomic E-state index is 3.51. The van der Waals surface area contributed by atoms with E-state index < -0.39 is 0 Å². The number of hydrogen-bond donors (Lipinski definition) is 1. The fourth-order valence-corrected chi connectivity index (χ4v) is 1.62. The molecular weight excluding hydrogens is 170 g/mol. The van der Waals surface area contributed by atoms with Crippen molar-refractivity contribution < 1.29 is 0 Å². The van der Waals surface area contributed by atoms with Crippen molar-refractivity contribution in [3.63, 3.8) is 0 Å². The van der Waals surface area contributed by atoms with Crippen LogP contribution in [0.1, 0.15) is 46.5 Å². The Hall–Kier alpha value is -0.560. The summed E-state index contributed by atoms with van der Waals surface area (Å²) in [5, 5.41) is 3.51. The Labute approximate surface area is 88.3 Å². The van der Waals surface area contributed by atoms with Gasteiger partial charge in [0.15, 0.2) is 0 Å². The number of unbranched alkanes of at least 4 members (excludes halogenated alkanes) is 1. The molecule has 0 spiro atoms. The third-order valence-electron chi connectivity index (χ3n) is 2.43. The second-order valence-electron chi connectivity index (χ2n) is 5.09. The van der Waals surface area contributed by atoms with Crippen molar-refractivity contribution in [3.05, 3.63) is 23.8 Å². The molecule has 1 rings (SSSR count). The van der Waals surface area contributed by atoms with Crippen LogP contribution < -0.4 is 5.32 Å². The largest absolute Gasteiger partial charge is 0.312 e. The Morgan fingerprint density at radius 3 is 2.64 bits per heavy atom. The van der Waals surface area contributed by atoms with Crippen molar-refractivity contribution in [2.24, 2.45) is 0 Å². The first kappa shape index (κ1) is 11.5. The van der Waals surface area contributed by atoms with Crippen LogP contribution in [-0.4, -0.2) is 12.1 Å². The van der Waals surface area contributed by atoms with E-state index in [0.717, 1.165) is 6.54 Å². The molecule has 0 aromatic heterocycles. The molecule has 14 heavy (non-hydrogen) atoms. The summed E-state index contributed by atoms with van der Waals surface area (Å²) in [7, 11) is 0. The average molecular weight is 193 g/mol. The van der Waals surface area contributed by atoms with E-state index in [-0.39, 0.29) is 5.54 Å². The molecule has 0 aromatic rings. The van der Waals surface area contributed by atoms with Gasteiger partial charge in [-0.05, 0) is 53.0 Å². The summed E-state index contributed by atoms with van der Waals surface area (Å²) >= 11 is 0. The van der Waals surface area contributed by atoms with E-state index in [1.807, 2.05) is 0 Å². The lowest BCUT2D eigenvalue weighted by Crippen LogP contribution is -2.36. The summed E-state index contributed by atoms with van der Waals surface area (Å²) in [6, 6.07) is 0. The third kappa shape index (κ3) is 5.23. The van der Waals surface area contributed by atoms with Crippen molar-refractivity contribution in [2.45, 2.75) is 52.0 Å². The van der Waals surface area contributed by atoms with Gasteiger partial charge >= 0.3 is 0 Å². The summed E-state index contributed by atoms with van der Waals surface area (Å²) in [6.45, 7) is 7.80. The fourth-order valence-electron chi connectivity index (χ4n) is 1.62. The van der Waals surface area contributed by atoms with Gasteiger partial charge in [-0.3, -0.25) is 0 Å². The van der Waals surface area contributed by atoms with Crippen LogP contribution in [0.2, 0.25) is 0 Å². The highest BCUT2D eigenvalue weighted by Gasteiger charge is 2.07. The minimum Gasteiger partial charge on any atom is -0.312 e. The van der Waals surface area contributed by atoms with Crippen molar-refractivity contribution >= 4 is 0 Å². The van der Waals surface area contributed by atoms with Crippen LogP contribution >= 0.6 is 0 Å². The van der Waals surface area contributed by atoms with E-state index in [4.69, 9.17) is 0 Å². The van der Waals surface area contributed by atoms with Gasteiger partial charge in [-0.2, -0.15) is 0 Å². The van der Waals surface area contributed by atoms with Gasteiger partial charge in [0.05, 0.1) is 0 Å². The second-order valence-corrected chi connectivity index (χ2v) is 5.09. The topological polar surface area (TPSA) is 12.0 Å². The molecule has 1 N–H and O–H groups in total. The quantitative estimate of drug-likeness (QED) is 0.660. The lowest BCUT2D eigenvalue weighted by molar-refractivity contribution is 0.418. The Morgan fingerprint density at radius 2 is 2.07 bits per heavy atom. The molecule has 0 bridgehead atoms. The maximum atomic E-state index is 3.51. The normalized spacial score (nSPS) is 16.1. The Kier molecular flexibility index (Phi) is 4.40. The molecule has 0 unspecified atom stereocenters. The van der Waals surface area contributed by atoms with Gasteiger partial charge in [-0.1, -0.05) is 23.8 Å². The van der Waals surface area contributed by atoms with Crippen LogP contribution in [0.5, 0.6) is 0 Å². The molecule has 1 nitrogen and oxygen atoms in total. The van der Waals surface area contributed by atoms with Crippen LogP contribution in [0, 0.1) is 0 Å². The maximum Gasteiger partial charge on any atom is 0.00965 e. The van der Waals surface area contributed by atoms with E-state index in [9.17, 15) is 0 Å². The van der Waals surface area contributed by atoms with Gasteiger partial charge < -0.3 is 5.32 Å². The molecule has 0 amide bonds. The molecule has 0 aromatic carbocycles. The zero-order valence-electron chi connectivity index (χ0n) is 9.77. The highest BCUT2D eigenvalue weighted by atomic mass is 14.9. The Morgan fingerprint density at radius 1 is 1.29 bits per heavy atom. The van der Waals surface area contributed by atoms with Crippen LogP contribution in [0.25, 0.3) is 0 Å². The number of nitrogens with one attached hydrogen (secondary N) is 1. The minimum atomic E-state index is 0.272. The fraction of sp³-hybridized carbons (Fsp3) is 0.692. The van der Waals surface area contributed by atoms with Crippen molar-refractivity contribution in [1.82, 2.24) is 5.32 Å². The molecule has 0 fully saturated rings. The van der Waals surface area contributed by atoms with E-state index in [2.05, 4.69) is 44.3 Å². The van der Waals surface area contributed by atoms with E-state index in [0.29, 0.717) is 0 Å². The number of rotatable bonds is 5. The highest BCUT2D eigenvalue weighted by molar-refractivity contribution is 5.22. The zero-order valence-corrected chi connectivity index (χ0v) is 9.77. The highest BCUT2D eigenvalue weighted by Crippen LogP contribution is 2.16. The molecule has 0 saturated carbocycles. The van der Waals surface area contributed by atoms with Gasteiger partial charge in [0, 0.05) is 5.54 Å². The second kappa shape index (κ2) is 5.35. The molecule has 0 atom stereocenters. The van der Waals surface area contributed by atoms with E-state index in [1.54, 1.807) is 5.57 Å². The smallest absolute Gasteiger partial charge is 0.00965 e. The van der Waals surface area contributed by atoms with Crippen LogP contribution in [0.15, 0.2) is 23.8 Å². The molecule has 1 heteroatoms. The van der Waals surface area contributed by atoms with Gasteiger partial charge in [-0.15, -0.1) is 0 Å². The number of hydrogen-bond acceptors (Lipinski definition) is 1. The molecule has 1 aliphatic rings. The molecule has 0 heterocycles. The molecule has 0 radical (unpaired) electrons. The van der Waals surface area contributed by atoms with Crippen LogP contribution in [0.3, 0.4) is 0 Å². The summed E-state index contributed by atoms with van der Waals surface area (Å²) in [4.78, 5) is 0. The van der Waals surface area contributed by atoms with Gasteiger partial charge in [-0.25, -0.2) is 0 Å². The van der Waals surface area contributed by atoms with Gasteiger partial charge in [0.2, 0.25) is 0 Å². The van der Waals surface area contributed by atoms with Crippen LogP contribution in [0.4, 0.5) is 0 Å². The Bertz CT molecular complexity index is 218. The van der Waals surface area contributed by atoms with Crippen molar-refractivity contribution in [1.29, 1.82) is 0 Å². The molecule has 80 valence electrons. The zero-order chi connectivity index (χ0) is 10.4. The first-order chi connectivity index (χ1) is 6.58. The average Bonchev–Trinajstić information content (AvgIpc) is 2.54. The molecular formula is C13H23N. The van der Waals surface area contributed by atoms with Crippen LogP contribution in [-0.2, 0) is 0 Å². The summed E-state index contributed by atoms with van der Waals surface area (Å²) in [5.41, 5.74) is 1.87. The molecule has 1 aliphatic carbocycles. The molecule has 0 saturated heterocycles. The lowest BCUT2D eigenvalue weighted by Gasteiger charge is -2.20. The lowest BCUT2D eigenvalue weighted by atomic mass is 10.1. The van der Waals surface area contributed by atoms with Crippen molar-refractivity contribution in [3.8, 4) is 0 Å². The SMILES string of the molecule is CC(C)(C)NCCCCC1=CC=CC1. The predicted octanol–water partition coefficient (Wildman–Crippen LogP) is 3.43. The monoisotopic (exact) mass is 193 g/mol. The summed E-state index contributed by atoms with van der Waals surface area (Å²) < 4.78 is 0. The summed E-state index contributed by atoms with van der Waals surface area (Å²) in [6.07, 6.45) is 11.7. The first-order valence-corrected chi connectivity index (χ1v) is 5.67. The summed E-state index contributed by atoms with van der Waals surface area (Å²) in [5.74, 6) is 0. The standard InChI is InChI=1S/C13H23N/c1-13(2,3)14-11-7-6-10-12-8-4-5-9-12/h4-5,8,14H,6-7,9-11H2,1-3H3. The molecule has 0 aliphatic heterocycles. The van der Waals surface area contributed by atoms with Crippen molar-refractivity contribution in [2.75, 3.05) is 6.54 Å².